The standard InChI is InChI=1S/C11H17N3O3/c1-4-5-6-12-7-8-9(15)13(2)11(17)14(3)10(8)16/h7-8H,4-6H2,1-3H3. The maximum absolute atomic E-state index is 11.7. The van der Waals surface area contributed by atoms with E-state index in [1.54, 1.807) is 0 Å². The van der Waals surface area contributed by atoms with Crippen molar-refractivity contribution in [2.24, 2.45) is 10.9 Å². The van der Waals surface area contributed by atoms with Crippen molar-refractivity contribution in [3.8, 4) is 0 Å². The van der Waals surface area contributed by atoms with Gasteiger partial charge in [0.15, 0.2) is 5.92 Å². The average molecular weight is 239 g/mol. The van der Waals surface area contributed by atoms with Gasteiger partial charge >= 0.3 is 6.03 Å². The second-order valence-electron chi connectivity index (χ2n) is 3.96. The molecule has 0 aromatic heterocycles. The summed E-state index contributed by atoms with van der Waals surface area (Å²) in [5.41, 5.74) is 0. The average Bonchev–Trinajstić information content (AvgIpc) is 2.33. The summed E-state index contributed by atoms with van der Waals surface area (Å²) in [6.45, 7) is 2.63. The minimum absolute atomic E-state index is 0.515. The topological polar surface area (TPSA) is 70.1 Å². The number of amides is 4. The van der Waals surface area contributed by atoms with E-state index in [4.69, 9.17) is 0 Å². The second-order valence-corrected chi connectivity index (χ2v) is 3.96. The van der Waals surface area contributed by atoms with Crippen LogP contribution in [0, 0.1) is 5.92 Å². The molecule has 17 heavy (non-hydrogen) atoms. The Morgan fingerprint density at radius 3 is 2.18 bits per heavy atom. The van der Waals surface area contributed by atoms with Crippen molar-refractivity contribution < 1.29 is 14.4 Å². The zero-order valence-corrected chi connectivity index (χ0v) is 10.3. The summed E-state index contributed by atoms with van der Waals surface area (Å²) < 4.78 is 0. The second kappa shape index (κ2) is 5.56. The first-order valence-electron chi connectivity index (χ1n) is 5.59. The van der Waals surface area contributed by atoms with Gasteiger partial charge in [0.1, 0.15) is 0 Å². The van der Waals surface area contributed by atoms with Gasteiger partial charge < -0.3 is 0 Å². The number of hydrogen-bond donors (Lipinski definition) is 0. The van der Waals surface area contributed by atoms with Gasteiger partial charge in [-0.3, -0.25) is 24.4 Å². The molecule has 1 saturated heterocycles. The number of imide groups is 2. The van der Waals surface area contributed by atoms with E-state index in [1.807, 2.05) is 6.92 Å². The Kier molecular flexibility index (Phi) is 4.37. The van der Waals surface area contributed by atoms with Crippen LogP contribution in [0.2, 0.25) is 0 Å². The molecule has 1 heterocycles. The van der Waals surface area contributed by atoms with Gasteiger partial charge in [-0.1, -0.05) is 13.3 Å². The predicted octanol–water partition coefficient (Wildman–Crippen LogP) is 0.524. The first kappa shape index (κ1) is 13.3. The van der Waals surface area contributed by atoms with Crippen LogP contribution < -0.4 is 0 Å². The van der Waals surface area contributed by atoms with Crippen molar-refractivity contribution in [1.29, 1.82) is 0 Å². The summed E-state index contributed by atoms with van der Waals surface area (Å²) in [6.07, 6.45) is 3.26. The number of urea groups is 1. The van der Waals surface area contributed by atoms with Gasteiger partial charge in [-0.25, -0.2) is 4.79 Å². The highest BCUT2D eigenvalue weighted by molar-refractivity contribution is 6.23. The molecule has 0 spiro atoms. The van der Waals surface area contributed by atoms with E-state index in [9.17, 15) is 14.4 Å². The number of barbiturate groups is 1. The monoisotopic (exact) mass is 239 g/mol. The summed E-state index contributed by atoms with van der Waals surface area (Å²) in [5, 5.41) is 0. The molecule has 0 unspecified atom stereocenters. The molecule has 6 nitrogen and oxygen atoms in total. The zero-order chi connectivity index (χ0) is 13.0. The number of aliphatic imine (C=N–C) groups is 1. The lowest BCUT2D eigenvalue weighted by molar-refractivity contribution is -0.144. The quantitative estimate of drug-likeness (QED) is 0.408. The van der Waals surface area contributed by atoms with Crippen molar-refractivity contribution in [2.75, 3.05) is 20.6 Å². The van der Waals surface area contributed by atoms with Gasteiger partial charge in [0, 0.05) is 26.9 Å². The Labute approximate surface area is 100 Å². The molecule has 1 aliphatic rings. The van der Waals surface area contributed by atoms with E-state index in [0.717, 1.165) is 22.6 Å². The molecule has 0 radical (unpaired) electrons. The van der Waals surface area contributed by atoms with Gasteiger partial charge in [-0.15, -0.1) is 0 Å². The molecular weight excluding hydrogens is 222 g/mol. The van der Waals surface area contributed by atoms with Gasteiger partial charge in [-0.05, 0) is 6.42 Å². The van der Waals surface area contributed by atoms with Crippen LogP contribution in [0.5, 0.6) is 0 Å². The summed E-state index contributed by atoms with van der Waals surface area (Å²) in [5.74, 6) is -1.99. The fourth-order valence-electron chi connectivity index (χ4n) is 1.49. The largest absolute Gasteiger partial charge is 0.332 e. The smallest absolute Gasteiger partial charge is 0.296 e. The maximum Gasteiger partial charge on any atom is 0.332 e. The Bertz CT molecular complexity index is 341. The molecule has 1 aliphatic heterocycles. The summed E-state index contributed by atoms with van der Waals surface area (Å²) in [4.78, 5) is 40.8. The fraction of sp³-hybridized carbons (Fsp3) is 0.636. The molecule has 94 valence electrons. The molecule has 0 aromatic rings. The molecule has 1 fully saturated rings. The third kappa shape index (κ3) is 2.69. The SMILES string of the molecule is CCCCN=CC1C(=O)N(C)C(=O)N(C)C1=O. The number of hydrogen-bond acceptors (Lipinski definition) is 4. The molecule has 6 heteroatoms. The van der Waals surface area contributed by atoms with Crippen LogP contribution in [0.25, 0.3) is 0 Å². The van der Waals surface area contributed by atoms with E-state index in [-0.39, 0.29) is 0 Å². The molecule has 0 N–H and O–H groups in total. The number of rotatable bonds is 4. The van der Waals surface area contributed by atoms with Crippen LogP contribution >= 0.6 is 0 Å². The summed E-state index contributed by atoms with van der Waals surface area (Å²) >= 11 is 0. The molecule has 1 rings (SSSR count). The van der Waals surface area contributed by atoms with Gasteiger partial charge in [0.2, 0.25) is 11.8 Å². The van der Waals surface area contributed by atoms with Crippen molar-refractivity contribution in [3.05, 3.63) is 0 Å². The van der Waals surface area contributed by atoms with Crippen LogP contribution in [0.4, 0.5) is 4.79 Å². The highest BCUT2D eigenvalue weighted by Gasteiger charge is 2.41. The minimum Gasteiger partial charge on any atom is -0.296 e. The van der Waals surface area contributed by atoms with Crippen molar-refractivity contribution in [2.45, 2.75) is 19.8 Å². The van der Waals surface area contributed by atoms with Crippen LogP contribution in [0.3, 0.4) is 0 Å². The molecule has 0 bridgehead atoms. The first-order valence-corrected chi connectivity index (χ1v) is 5.59. The molecular formula is C11H17N3O3. The maximum atomic E-state index is 11.7. The van der Waals surface area contributed by atoms with Crippen LogP contribution in [0.15, 0.2) is 4.99 Å². The third-order valence-corrected chi connectivity index (χ3v) is 2.66. The number of carbonyl (C=O) groups excluding carboxylic acids is 3. The van der Waals surface area contributed by atoms with Crippen LogP contribution in [0.1, 0.15) is 19.8 Å². The number of carbonyl (C=O) groups is 3. The molecule has 0 saturated carbocycles. The molecule has 0 atom stereocenters. The van der Waals surface area contributed by atoms with Gasteiger partial charge in [0.25, 0.3) is 0 Å². The Morgan fingerprint density at radius 2 is 1.71 bits per heavy atom. The van der Waals surface area contributed by atoms with E-state index in [0.29, 0.717) is 6.54 Å². The van der Waals surface area contributed by atoms with Crippen LogP contribution in [-0.4, -0.2) is 54.5 Å². The van der Waals surface area contributed by atoms with E-state index in [1.165, 1.54) is 20.3 Å². The Balaban J connectivity index is 2.76. The molecule has 0 aliphatic carbocycles. The minimum atomic E-state index is -0.959. The van der Waals surface area contributed by atoms with E-state index in [2.05, 4.69) is 4.99 Å². The van der Waals surface area contributed by atoms with Crippen molar-refractivity contribution >= 4 is 24.1 Å². The molecule has 0 aromatic carbocycles. The number of nitrogens with zero attached hydrogens (tertiary/aromatic N) is 3. The highest BCUT2D eigenvalue weighted by atomic mass is 16.2. The van der Waals surface area contributed by atoms with Gasteiger partial charge in [-0.2, -0.15) is 0 Å². The summed E-state index contributed by atoms with van der Waals surface area (Å²) in [6, 6.07) is -0.599. The van der Waals surface area contributed by atoms with E-state index >= 15 is 0 Å². The lowest BCUT2D eigenvalue weighted by atomic mass is 10.1. The normalized spacial score (nSPS) is 18.6. The highest BCUT2D eigenvalue weighted by Crippen LogP contribution is 2.13. The van der Waals surface area contributed by atoms with Crippen molar-refractivity contribution in [1.82, 2.24) is 9.80 Å². The van der Waals surface area contributed by atoms with Gasteiger partial charge in [0.05, 0.1) is 0 Å². The lowest BCUT2D eigenvalue weighted by Gasteiger charge is -2.31. The Morgan fingerprint density at radius 1 is 1.18 bits per heavy atom. The van der Waals surface area contributed by atoms with E-state index < -0.39 is 23.8 Å². The lowest BCUT2D eigenvalue weighted by Crippen LogP contribution is -2.57. The van der Waals surface area contributed by atoms with Crippen molar-refractivity contribution in [3.63, 3.8) is 0 Å². The Hall–Kier alpha value is -1.72. The fourth-order valence-corrected chi connectivity index (χ4v) is 1.49. The number of unbranched alkanes of at least 4 members (excludes halogenated alkanes) is 1. The zero-order valence-electron chi connectivity index (χ0n) is 10.3. The third-order valence-electron chi connectivity index (χ3n) is 2.66. The van der Waals surface area contributed by atoms with Crippen LogP contribution in [-0.2, 0) is 9.59 Å². The first-order chi connectivity index (χ1) is 8.00. The summed E-state index contributed by atoms with van der Waals surface area (Å²) in [7, 11) is 2.72. The predicted molar refractivity (Wildman–Crippen MR) is 62.7 cm³/mol. The molecule has 4 amide bonds.